The first kappa shape index (κ1) is 17.4. The minimum Gasteiger partial charge on any atom is -0.339 e. The van der Waals surface area contributed by atoms with Crippen molar-refractivity contribution in [1.29, 1.82) is 0 Å². The van der Waals surface area contributed by atoms with E-state index in [1.165, 1.54) is 6.07 Å². The molecule has 0 radical (unpaired) electrons. The van der Waals surface area contributed by atoms with Gasteiger partial charge in [0.1, 0.15) is 4.90 Å². The van der Waals surface area contributed by atoms with E-state index in [9.17, 15) is 8.42 Å². The first-order valence-corrected chi connectivity index (χ1v) is 9.79. The molecular formula is C18H16BrN3O2S. The molecule has 0 atom stereocenters. The number of hydrogen-bond donors (Lipinski definition) is 2. The maximum atomic E-state index is 12.8. The van der Waals surface area contributed by atoms with Gasteiger partial charge in [-0.25, -0.2) is 13.4 Å². The van der Waals surface area contributed by atoms with Crippen LogP contribution in [0.4, 0.5) is 17.2 Å². The van der Waals surface area contributed by atoms with E-state index in [0.717, 1.165) is 15.7 Å². The monoisotopic (exact) mass is 417 g/mol. The Hall–Kier alpha value is -2.38. The quantitative estimate of drug-likeness (QED) is 0.630. The highest BCUT2D eigenvalue weighted by molar-refractivity contribution is 9.10. The van der Waals surface area contributed by atoms with Gasteiger partial charge in [-0.15, -0.1) is 0 Å². The van der Waals surface area contributed by atoms with Crippen LogP contribution in [0.2, 0.25) is 0 Å². The third kappa shape index (κ3) is 4.37. The lowest BCUT2D eigenvalue weighted by atomic mass is 10.2. The van der Waals surface area contributed by atoms with Gasteiger partial charge in [-0.1, -0.05) is 33.6 Å². The van der Waals surface area contributed by atoms with Crippen LogP contribution in [-0.2, 0) is 10.0 Å². The zero-order chi connectivity index (χ0) is 17.9. The first-order chi connectivity index (χ1) is 11.9. The fourth-order valence-electron chi connectivity index (χ4n) is 2.20. The fraction of sp³-hybridized carbons (Fsp3) is 0.0556. The highest BCUT2D eigenvalue weighted by Crippen LogP contribution is 2.25. The minimum absolute atomic E-state index is 0.0819. The Morgan fingerprint density at radius 2 is 1.56 bits per heavy atom. The summed E-state index contributed by atoms with van der Waals surface area (Å²) in [6.45, 7) is 1.94. The summed E-state index contributed by atoms with van der Waals surface area (Å²) in [7, 11) is -3.77. The second kappa shape index (κ2) is 7.25. The summed E-state index contributed by atoms with van der Waals surface area (Å²) >= 11 is 3.37. The number of aryl methyl sites for hydroxylation is 1. The Morgan fingerprint density at radius 1 is 0.920 bits per heavy atom. The summed E-state index contributed by atoms with van der Waals surface area (Å²) in [6, 6.07) is 17.7. The van der Waals surface area contributed by atoms with E-state index in [4.69, 9.17) is 0 Å². The molecule has 0 aliphatic carbocycles. The van der Waals surface area contributed by atoms with Crippen molar-refractivity contribution in [3.8, 4) is 0 Å². The zero-order valence-electron chi connectivity index (χ0n) is 13.4. The van der Waals surface area contributed by atoms with E-state index >= 15 is 0 Å². The van der Waals surface area contributed by atoms with Gasteiger partial charge in [0.15, 0.2) is 5.82 Å². The number of halogens is 1. The predicted octanol–water partition coefficient (Wildman–Crippen LogP) is 4.70. The van der Waals surface area contributed by atoms with Gasteiger partial charge in [0.25, 0.3) is 10.0 Å². The normalized spacial score (nSPS) is 11.1. The number of hydrogen-bond acceptors (Lipinski definition) is 4. The van der Waals surface area contributed by atoms with Gasteiger partial charge in [-0.2, -0.15) is 0 Å². The summed E-state index contributed by atoms with van der Waals surface area (Å²) in [5, 5.41) is 3.05. The van der Waals surface area contributed by atoms with Crippen LogP contribution in [0.15, 0.2) is 76.2 Å². The lowest BCUT2D eigenvalue weighted by Gasteiger charge is -2.13. The molecule has 0 spiro atoms. The van der Waals surface area contributed by atoms with Crippen molar-refractivity contribution >= 4 is 43.1 Å². The third-order valence-corrected chi connectivity index (χ3v) is 5.41. The summed E-state index contributed by atoms with van der Waals surface area (Å²) < 4.78 is 29.0. The molecule has 3 rings (SSSR count). The molecule has 0 aliphatic rings. The average Bonchev–Trinajstić information content (AvgIpc) is 2.59. The van der Waals surface area contributed by atoms with E-state index in [1.54, 1.807) is 24.4 Å². The Morgan fingerprint density at radius 3 is 2.24 bits per heavy atom. The molecule has 3 aromatic rings. The second-order valence-corrected chi connectivity index (χ2v) is 8.02. The Bertz CT molecular complexity index is 972. The Labute approximate surface area is 155 Å². The molecule has 2 N–H and O–H groups in total. The van der Waals surface area contributed by atoms with Crippen LogP contribution in [0.5, 0.6) is 0 Å². The molecule has 1 heterocycles. The van der Waals surface area contributed by atoms with Crippen molar-refractivity contribution in [2.45, 2.75) is 11.8 Å². The molecule has 1 aromatic heterocycles. The minimum atomic E-state index is -3.77. The highest BCUT2D eigenvalue weighted by Gasteiger charge is 2.19. The summed E-state index contributed by atoms with van der Waals surface area (Å²) in [5.41, 5.74) is 2.31. The third-order valence-electron chi connectivity index (χ3n) is 3.47. The lowest BCUT2D eigenvalue weighted by molar-refractivity contribution is 0.601. The zero-order valence-corrected chi connectivity index (χ0v) is 15.8. The van der Waals surface area contributed by atoms with Crippen molar-refractivity contribution in [2.24, 2.45) is 0 Å². The summed E-state index contributed by atoms with van der Waals surface area (Å²) in [5.74, 6) is 0.268. The van der Waals surface area contributed by atoms with Gasteiger partial charge in [0.2, 0.25) is 0 Å². The van der Waals surface area contributed by atoms with Crippen molar-refractivity contribution in [1.82, 2.24) is 4.98 Å². The SMILES string of the molecule is Cc1ccc(NS(=O)(=O)c2cccnc2Nc2ccc(Br)cc2)cc1. The van der Waals surface area contributed by atoms with Crippen LogP contribution in [0, 0.1) is 6.92 Å². The van der Waals surface area contributed by atoms with Crippen LogP contribution in [0.3, 0.4) is 0 Å². The van der Waals surface area contributed by atoms with E-state index in [1.807, 2.05) is 43.3 Å². The Balaban J connectivity index is 1.90. The van der Waals surface area contributed by atoms with E-state index in [2.05, 4.69) is 31.0 Å². The van der Waals surface area contributed by atoms with E-state index in [-0.39, 0.29) is 10.7 Å². The van der Waals surface area contributed by atoms with Crippen LogP contribution >= 0.6 is 15.9 Å². The standard InChI is InChI=1S/C18H16BrN3O2S/c1-13-4-8-16(9-5-13)22-25(23,24)17-3-2-12-20-18(17)21-15-10-6-14(19)7-11-15/h2-12,22H,1H3,(H,20,21). The number of rotatable bonds is 5. The second-order valence-electron chi connectivity index (χ2n) is 5.45. The van der Waals surface area contributed by atoms with Gasteiger partial charge in [-0.3, -0.25) is 4.72 Å². The average molecular weight is 418 g/mol. The van der Waals surface area contributed by atoms with Gasteiger partial charge in [0, 0.05) is 22.0 Å². The predicted molar refractivity (Wildman–Crippen MR) is 104 cm³/mol. The molecule has 2 aromatic carbocycles. The summed E-state index contributed by atoms with van der Waals surface area (Å²) in [6.07, 6.45) is 1.55. The largest absolute Gasteiger partial charge is 0.339 e. The van der Waals surface area contributed by atoms with Crippen molar-refractivity contribution in [2.75, 3.05) is 10.0 Å². The van der Waals surface area contributed by atoms with Crippen molar-refractivity contribution in [3.63, 3.8) is 0 Å². The van der Waals surface area contributed by atoms with Crippen LogP contribution < -0.4 is 10.0 Å². The van der Waals surface area contributed by atoms with Gasteiger partial charge in [0.05, 0.1) is 0 Å². The van der Waals surface area contributed by atoms with Crippen molar-refractivity contribution < 1.29 is 8.42 Å². The molecular weight excluding hydrogens is 402 g/mol. The number of nitrogens with one attached hydrogen (secondary N) is 2. The van der Waals surface area contributed by atoms with Gasteiger partial charge < -0.3 is 5.32 Å². The molecule has 0 amide bonds. The number of benzene rings is 2. The lowest BCUT2D eigenvalue weighted by Crippen LogP contribution is -2.15. The van der Waals surface area contributed by atoms with Crippen LogP contribution in [0.25, 0.3) is 0 Å². The molecule has 0 aliphatic heterocycles. The topological polar surface area (TPSA) is 71.1 Å². The molecule has 7 heteroatoms. The molecule has 5 nitrogen and oxygen atoms in total. The van der Waals surface area contributed by atoms with Gasteiger partial charge >= 0.3 is 0 Å². The maximum absolute atomic E-state index is 12.8. The molecule has 25 heavy (non-hydrogen) atoms. The van der Waals surface area contributed by atoms with Crippen molar-refractivity contribution in [3.05, 3.63) is 76.9 Å². The molecule has 0 fully saturated rings. The van der Waals surface area contributed by atoms with Crippen LogP contribution in [-0.4, -0.2) is 13.4 Å². The smallest absolute Gasteiger partial charge is 0.265 e. The number of sulfonamides is 1. The molecule has 0 saturated carbocycles. The fourth-order valence-corrected chi connectivity index (χ4v) is 3.64. The number of anilines is 3. The van der Waals surface area contributed by atoms with E-state index in [0.29, 0.717) is 5.69 Å². The number of aromatic nitrogens is 1. The molecule has 0 bridgehead atoms. The summed E-state index contributed by atoms with van der Waals surface area (Å²) in [4.78, 5) is 4.26. The maximum Gasteiger partial charge on any atom is 0.265 e. The van der Waals surface area contributed by atoms with E-state index < -0.39 is 10.0 Å². The number of nitrogens with zero attached hydrogens (tertiary/aromatic N) is 1. The first-order valence-electron chi connectivity index (χ1n) is 7.51. The Kier molecular flexibility index (Phi) is 5.06. The van der Waals surface area contributed by atoms with Crippen LogP contribution in [0.1, 0.15) is 5.56 Å². The highest BCUT2D eigenvalue weighted by atomic mass is 79.9. The number of pyridine rings is 1. The van der Waals surface area contributed by atoms with Gasteiger partial charge in [-0.05, 0) is 55.5 Å². The molecule has 128 valence electrons. The molecule has 0 saturated heterocycles. The molecule has 0 unspecified atom stereocenters.